The van der Waals surface area contributed by atoms with Crippen molar-refractivity contribution in [3.05, 3.63) is 65.7 Å². The number of alkyl halides is 3. The number of para-hydroxylation sites is 1. The standard InChI is InChI=1S/C24H28F3N3O2/c1-17(11-12-31)6-5-13-32-21-8-4-3-7-20(21)16-30-18(2)14-29-23(30)19-9-10-22(28-15-19)24(25,26)27/h3-4,7-10,14-15,17,31H,5-6,11-13,16H2,1-2H3/t17-/m1/s1. The highest BCUT2D eigenvalue weighted by Crippen LogP contribution is 2.29. The molecule has 1 atom stereocenters. The molecule has 0 unspecified atom stereocenters. The number of nitrogens with zero attached hydrogens (tertiary/aromatic N) is 3. The number of aromatic nitrogens is 3. The van der Waals surface area contributed by atoms with Gasteiger partial charge in [-0.25, -0.2) is 4.98 Å². The number of pyridine rings is 1. The third kappa shape index (κ3) is 6.09. The molecule has 0 aliphatic carbocycles. The van der Waals surface area contributed by atoms with Crippen LogP contribution in [-0.4, -0.2) is 32.9 Å². The minimum Gasteiger partial charge on any atom is -0.493 e. The average Bonchev–Trinajstić information content (AvgIpc) is 3.12. The van der Waals surface area contributed by atoms with Crippen LogP contribution in [0.25, 0.3) is 11.4 Å². The first-order valence-electron chi connectivity index (χ1n) is 10.7. The molecule has 0 fully saturated rings. The SMILES string of the molecule is Cc1cnc(-c2ccc(C(F)(F)F)nc2)n1Cc1ccccc1OCCC[C@@H](C)CCO. The number of rotatable bonds is 10. The molecule has 1 aromatic carbocycles. The zero-order valence-corrected chi connectivity index (χ0v) is 18.3. The number of hydrogen-bond acceptors (Lipinski definition) is 4. The Bertz CT molecular complexity index is 1000. The van der Waals surface area contributed by atoms with E-state index in [1.165, 1.54) is 12.3 Å². The number of aryl methyl sites for hydroxylation is 1. The summed E-state index contributed by atoms with van der Waals surface area (Å²) in [5, 5.41) is 9.01. The fourth-order valence-corrected chi connectivity index (χ4v) is 3.51. The predicted octanol–water partition coefficient (Wildman–Crippen LogP) is 5.50. The second-order valence-corrected chi connectivity index (χ2v) is 7.96. The van der Waals surface area contributed by atoms with E-state index in [2.05, 4.69) is 16.9 Å². The largest absolute Gasteiger partial charge is 0.493 e. The van der Waals surface area contributed by atoms with E-state index >= 15 is 0 Å². The van der Waals surface area contributed by atoms with Crippen LogP contribution >= 0.6 is 0 Å². The summed E-state index contributed by atoms with van der Waals surface area (Å²) >= 11 is 0. The number of aliphatic hydroxyl groups excluding tert-OH is 1. The summed E-state index contributed by atoms with van der Waals surface area (Å²) in [6.45, 7) is 5.26. The summed E-state index contributed by atoms with van der Waals surface area (Å²) in [7, 11) is 0. The number of hydrogen-bond donors (Lipinski definition) is 1. The molecule has 0 aliphatic heterocycles. The van der Waals surface area contributed by atoms with Crippen molar-refractivity contribution in [2.75, 3.05) is 13.2 Å². The number of ether oxygens (including phenoxy) is 1. The second kappa shape index (κ2) is 10.6. The minimum absolute atomic E-state index is 0.200. The molecule has 5 nitrogen and oxygen atoms in total. The molecule has 2 heterocycles. The van der Waals surface area contributed by atoms with Gasteiger partial charge < -0.3 is 14.4 Å². The van der Waals surface area contributed by atoms with Crippen molar-refractivity contribution in [1.29, 1.82) is 0 Å². The van der Waals surface area contributed by atoms with Gasteiger partial charge in [0, 0.05) is 35.8 Å². The predicted molar refractivity (Wildman–Crippen MR) is 116 cm³/mol. The van der Waals surface area contributed by atoms with Crippen molar-refractivity contribution >= 4 is 0 Å². The summed E-state index contributed by atoms with van der Waals surface area (Å²) in [6, 6.07) is 10.1. The van der Waals surface area contributed by atoms with Gasteiger partial charge in [-0.3, -0.25) is 4.98 Å². The van der Waals surface area contributed by atoms with Crippen molar-refractivity contribution < 1.29 is 23.0 Å². The molecule has 32 heavy (non-hydrogen) atoms. The molecule has 0 aliphatic rings. The third-order valence-corrected chi connectivity index (χ3v) is 5.39. The fourth-order valence-electron chi connectivity index (χ4n) is 3.51. The lowest BCUT2D eigenvalue weighted by atomic mass is 10.0. The van der Waals surface area contributed by atoms with E-state index in [1.807, 2.05) is 35.8 Å². The van der Waals surface area contributed by atoms with Crippen molar-refractivity contribution in [1.82, 2.24) is 14.5 Å². The zero-order chi connectivity index (χ0) is 23.1. The van der Waals surface area contributed by atoms with Crippen LogP contribution in [0.1, 0.15) is 43.1 Å². The lowest BCUT2D eigenvalue weighted by molar-refractivity contribution is -0.141. The van der Waals surface area contributed by atoms with E-state index in [-0.39, 0.29) is 6.61 Å². The van der Waals surface area contributed by atoms with Crippen LogP contribution in [-0.2, 0) is 12.7 Å². The van der Waals surface area contributed by atoms with Gasteiger partial charge in [-0.1, -0.05) is 25.1 Å². The highest BCUT2D eigenvalue weighted by atomic mass is 19.4. The van der Waals surface area contributed by atoms with Gasteiger partial charge in [-0.2, -0.15) is 13.2 Å². The van der Waals surface area contributed by atoms with Gasteiger partial charge in [0.25, 0.3) is 0 Å². The molecule has 0 amide bonds. The summed E-state index contributed by atoms with van der Waals surface area (Å²) in [4.78, 5) is 7.96. The average molecular weight is 448 g/mol. The molecular formula is C24H28F3N3O2. The Hall–Kier alpha value is -2.87. The van der Waals surface area contributed by atoms with Crippen LogP contribution in [0.4, 0.5) is 13.2 Å². The Kier molecular flexibility index (Phi) is 7.90. The molecule has 0 bridgehead atoms. The van der Waals surface area contributed by atoms with Crippen molar-refractivity contribution in [2.45, 2.75) is 45.8 Å². The van der Waals surface area contributed by atoms with Crippen molar-refractivity contribution in [3.63, 3.8) is 0 Å². The summed E-state index contributed by atoms with van der Waals surface area (Å²) < 4.78 is 46.5. The quantitative estimate of drug-likeness (QED) is 0.417. The van der Waals surface area contributed by atoms with Gasteiger partial charge in [-0.15, -0.1) is 0 Å². The Labute approximate surface area is 185 Å². The molecule has 3 aromatic rings. The van der Waals surface area contributed by atoms with Crippen molar-refractivity contribution in [3.8, 4) is 17.1 Å². The normalized spacial score (nSPS) is 12.7. The summed E-state index contributed by atoms with van der Waals surface area (Å²) in [5.41, 5.74) is 1.43. The lowest BCUT2D eigenvalue weighted by Gasteiger charge is -2.16. The van der Waals surface area contributed by atoms with E-state index < -0.39 is 11.9 Å². The molecule has 0 radical (unpaired) electrons. The number of aliphatic hydroxyl groups is 1. The van der Waals surface area contributed by atoms with E-state index in [9.17, 15) is 13.2 Å². The third-order valence-electron chi connectivity index (χ3n) is 5.39. The topological polar surface area (TPSA) is 60.2 Å². The lowest BCUT2D eigenvalue weighted by Crippen LogP contribution is -2.09. The Morgan fingerprint density at radius 3 is 2.53 bits per heavy atom. The molecule has 8 heteroatoms. The van der Waals surface area contributed by atoms with Gasteiger partial charge in [0.05, 0.1) is 13.2 Å². The molecule has 0 saturated heterocycles. The smallest absolute Gasteiger partial charge is 0.433 e. The van der Waals surface area contributed by atoms with E-state index in [1.54, 1.807) is 6.20 Å². The monoisotopic (exact) mass is 447 g/mol. The Balaban J connectivity index is 1.74. The molecular weight excluding hydrogens is 419 g/mol. The van der Waals surface area contributed by atoms with Gasteiger partial charge in [0.2, 0.25) is 0 Å². The van der Waals surface area contributed by atoms with E-state index in [0.29, 0.717) is 30.5 Å². The Morgan fingerprint density at radius 1 is 1.06 bits per heavy atom. The highest BCUT2D eigenvalue weighted by molar-refractivity contribution is 5.55. The molecule has 2 aromatic heterocycles. The number of halogens is 3. The first-order chi connectivity index (χ1) is 15.3. The minimum atomic E-state index is -4.48. The molecule has 0 saturated carbocycles. The first kappa shape index (κ1) is 23.8. The summed E-state index contributed by atoms with van der Waals surface area (Å²) in [6.07, 6.45) is 1.08. The molecule has 1 N–H and O–H groups in total. The highest BCUT2D eigenvalue weighted by Gasteiger charge is 2.32. The zero-order valence-electron chi connectivity index (χ0n) is 18.3. The van der Waals surface area contributed by atoms with Crippen LogP contribution in [0.5, 0.6) is 5.75 Å². The van der Waals surface area contributed by atoms with Crippen LogP contribution in [0.3, 0.4) is 0 Å². The van der Waals surface area contributed by atoms with Crippen LogP contribution in [0.15, 0.2) is 48.8 Å². The number of imidazole rings is 1. The van der Waals surface area contributed by atoms with E-state index in [4.69, 9.17) is 9.84 Å². The van der Waals surface area contributed by atoms with Gasteiger partial charge in [-0.05, 0) is 50.3 Å². The molecule has 0 spiro atoms. The van der Waals surface area contributed by atoms with Gasteiger partial charge >= 0.3 is 6.18 Å². The molecule has 3 rings (SSSR count). The van der Waals surface area contributed by atoms with Crippen molar-refractivity contribution in [2.24, 2.45) is 5.92 Å². The molecule has 172 valence electrons. The van der Waals surface area contributed by atoms with Crippen LogP contribution in [0, 0.1) is 12.8 Å². The maximum absolute atomic E-state index is 12.8. The fraction of sp³-hybridized carbons (Fsp3) is 0.417. The summed E-state index contributed by atoms with van der Waals surface area (Å²) in [5.74, 6) is 1.77. The van der Waals surface area contributed by atoms with E-state index in [0.717, 1.165) is 42.3 Å². The van der Waals surface area contributed by atoms with Crippen LogP contribution in [0.2, 0.25) is 0 Å². The Morgan fingerprint density at radius 2 is 1.84 bits per heavy atom. The second-order valence-electron chi connectivity index (χ2n) is 7.96. The van der Waals surface area contributed by atoms with Gasteiger partial charge in [0.15, 0.2) is 0 Å². The number of benzene rings is 1. The maximum atomic E-state index is 12.8. The van der Waals surface area contributed by atoms with Crippen LogP contribution < -0.4 is 4.74 Å². The first-order valence-corrected chi connectivity index (χ1v) is 10.7. The maximum Gasteiger partial charge on any atom is 0.433 e. The van der Waals surface area contributed by atoms with Gasteiger partial charge in [0.1, 0.15) is 17.3 Å².